The Morgan fingerprint density at radius 2 is 1.55 bits per heavy atom. The molecule has 0 aliphatic heterocycles. The summed E-state index contributed by atoms with van der Waals surface area (Å²) in [6.07, 6.45) is 0.740. The summed E-state index contributed by atoms with van der Waals surface area (Å²) in [7, 11) is -2.69. The maximum absolute atomic E-state index is 13.0. The van der Waals surface area contributed by atoms with Gasteiger partial charge in [-0.1, -0.05) is 12.1 Å². The topological polar surface area (TPSA) is 153 Å². The molecule has 0 fully saturated rings. The first kappa shape index (κ1) is 28.2. The van der Waals surface area contributed by atoms with E-state index < -0.39 is 27.8 Å². The van der Waals surface area contributed by atoms with Crippen molar-refractivity contribution in [2.24, 2.45) is 0 Å². The Balaban J connectivity index is 1.50. The Morgan fingerprint density at radius 3 is 2.18 bits per heavy atom. The highest BCUT2D eigenvalue weighted by Crippen LogP contribution is 2.13. The molecule has 0 aliphatic rings. The molecule has 11 nitrogen and oxygen atoms in total. The standard InChI is InChI=1S/C25H25FN4O7S/c1-36-15-14-28-25(33)37-22-11-6-19(16-29-22)24(32)30-38(34,35)21-9-2-17(3-10-21)12-13-27-23(31)18-4-7-20(26)8-5-18/h2-11,16H,12-15H2,1H3,(H,27,31)(H,28,33)(H,30,32). The number of benzene rings is 2. The van der Waals surface area contributed by atoms with Crippen LogP contribution in [0.4, 0.5) is 9.18 Å². The summed E-state index contributed by atoms with van der Waals surface area (Å²) in [6.45, 7) is 0.819. The smallest absolute Gasteiger partial charge is 0.391 e. The Hall–Kier alpha value is -4.36. The normalized spacial score (nSPS) is 10.9. The fourth-order valence-corrected chi connectivity index (χ4v) is 4.03. The minimum Gasteiger partial charge on any atom is -0.391 e. The number of sulfonamides is 1. The number of hydrogen-bond donors (Lipinski definition) is 3. The fraction of sp³-hybridized carbons (Fsp3) is 0.200. The Bertz CT molecular complexity index is 1360. The van der Waals surface area contributed by atoms with Gasteiger partial charge in [0, 0.05) is 38.0 Å². The van der Waals surface area contributed by atoms with Crippen molar-refractivity contribution < 1.29 is 36.7 Å². The van der Waals surface area contributed by atoms with Gasteiger partial charge in [0.25, 0.3) is 21.8 Å². The van der Waals surface area contributed by atoms with Crippen LogP contribution in [0.1, 0.15) is 26.3 Å². The second kappa shape index (κ2) is 13.3. The average molecular weight is 545 g/mol. The predicted molar refractivity (Wildman–Crippen MR) is 134 cm³/mol. The molecule has 38 heavy (non-hydrogen) atoms. The second-order valence-corrected chi connectivity index (χ2v) is 9.47. The third-order valence-corrected chi connectivity index (χ3v) is 6.38. The Morgan fingerprint density at radius 1 is 0.868 bits per heavy atom. The highest BCUT2D eigenvalue weighted by atomic mass is 32.2. The van der Waals surface area contributed by atoms with Crippen molar-refractivity contribution in [3.63, 3.8) is 0 Å². The molecule has 3 rings (SSSR count). The number of rotatable bonds is 11. The van der Waals surface area contributed by atoms with Gasteiger partial charge in [-0.15, -0.1) is 0 Å². The zero-order valence-electron chi connectivity index (χ0n) is 20.3. The zero-order chi connectivity index (χ0) is 27.5. The number of amides is 3. The number of pyridine rings is 1. The first-order chi connectivity index (χ1) is 18.2. The van der Waals surface area contributed by atoms with E-state index in [1.54, 1.807) is 12.1 Å². The zero-order valence-corrected chi connectivity index (χ0v) is 21.1. The van der Waals surface area contributed by atoms with Gasteiger partial charge in [0.05, 0.1) is 17.1 Å². The first-order valence-electron chi connectivity index (χ1n) is 11.3. The molecule has 0 unspecified atom stereocenters. The minimum absolute atomic E-state index is 0.0609. The number of ether oxygens (including phenoxy) is 2. The highest BCUT2D eigenvalue weighted by Gasteiger charge is 2.19. The van der Waals surface area contributed by atoms with Crippen LogP contribution in [-0.4, -0.2) is 58.1 Å². The molecule has 200 valence electrons. The van der Waals surface area contributed by atoms with Crippen molar-refractivity contribution in [2.45, 2.75) is 11.3 Å². The van der Waals surface area contributed by atoms with Crippen LogP contribution < -0.4 is 20.1 Å². The van der Waals surface area contributed by atoms with Gasteiger partial charge in [0.2, 0.25) is 5.88 Å². The van der Waals surface area contributed by atoms with Crippen molar-refractivity contribution in [1.29, 1.82) is 0 Å². The van der Waals surface area contributed by atoms with Crippen LogP contribution in [0.25, 0.3) is 0 Å². The monoisotopic (exact) mass is 544 g/mol. The molecule has 1 heterocycles. The molecular weight excluding hydrogens is 519 g/mol. The van der Waals surface area contributed by atoms with Crippen molar-refractivity contribution >= 4 is 27.9 Å². The number of aromatic nitrogens is 1. The van der Waals surface area contributed by atoms with Gasteiger partial charge in [-0.3, -0.25) is 9.59 Å². The van der Waals surface area contributed by atoms with E-state index in [-0.39, 0.29) is 35.3 Å². The van der Waals surface area contributed by atoms with Crippen molar-refractivity contribution in [3.8, 4) is 5.88 Å². The summed E-state index contributed by atoms with van der Waals surface area (Å²) >= 11 is 0. The van der Waals surface area contributed by atoms with Crippen LogP contribution in [0, 0.1) is 5.82 Å². The van der Waals surface area contributed by atoms with E-state index in [1.807, 2.05) is 4.72 Å². The molecule has 0 spiro atoms. The van der Waals surface area contributed by atoms with Crippen LogP contribution >= 0.6 is 0 Å². The Labute approximate surface area is 218 Å². The lowest BCUT2D eigenvalue weighted by Gasteiger charge is -2.09. The van der Waals surface area contributed by atoms with Crippen molar-refractivity contribution in [2.75, 3.05) is 26.8 Å². The molecular formula is C25H25FN4O7S. The van der Waals surface area contributed by atoms with E-state index >= 15 is 0 Å². The molecule has 1 aromatic heterocycles. The summed E-state index contributed by atoms with van der Waals surface area (Å²) in [6, 6.07) is 13.5. The average Bonchev–Trinajstić information content (AvgIpc) is 2.89. The van der Waals surface area contributed by atoms with E-state index in [0.717, 1.165) is 11.8 Å². The number of nitrogens with zero attached hydrogens (tertiary/aromatic N) is 1. The number of halogens is 1. The van der Waals surface area contributed by atoms with Gasteiger partial charge in [-0.2, -0.15) is 0 Å². The number of nitrogens with one attached hydrogen (secondary N) is 3. The first-order valence-corrected chi connectivity index (χ1v) is 12.8. The summed E-state index contributed by atoms with van der Waals surface area (Å²) in [5, 5.41) is 5.14. The van der Waals surface area contributed by atoms with E-state index in [4.69, 9.17) is 9.47 Å². The van der Waals surface area contributed by atoms with Gasteiger partial charge >= 0.3 is 6.09 Å². The molecule has 0 bridgehead atoms. The third-order valence-electron chi connectivity index (χ3n) is 5.04. The van der Waals surface area contributed by atoms with Gasteiger partial charge in [0.15, 0.2) is 0 Å². The minimum atomic E-state index is -4.17. The maximum Gasteiger partial charge on any atom is 0.414 e. The van der Waals surface area contributed by atoms with Crippen molar-refractivity contribution in [3.05, 3.63) is 89.4 Å². The van der Waals surface area contributed by atoms with Crippen LogP contribution in [0.3, 0.4) is 0 Å². The highest BCUT2D eigenvalue weighted by molar-refractivity contribution is 7.90. The number of carbonyl (C=O) groups is 3. The Kier molecular flexibility index (Phi) is 9.85. The largest absolute Gasteiger partial charge is 0.414 e. The number of methoxy groups -OCH3 is 1. The van der Waals surface area contributed by atoms with Crippen LogP contribution in [0.15, 0.2) is 71.8 Å². The molecule has 0 saturated carbocycles. The summed E-state index contributed by atoms with van der Waals surface area (Å²) < 4.78 is 49.9. The van der Waals surface area contributed by atoms with Crippen LogP contribution in [0.5, 0.6) is 5.88 Å². The molecule has 13 heteroatoms. The van der Waals surface area contributed by atoms with E-state index in [0.29, 0.717) is 18.6 Å². The lowest BCUT2D eigenvalue weighted by molar-refractivity contribution is 0.0951. The molecule has 0 atom stereocenters. The second-order valence-electron chi connectivity index (χ2n) is 7.79. The van der Waals surface area contributed by atoms with Gasteiger partial charge < -0.3 is 20.1 Å². The van der Waals surface area contributed by atoms with Gasteiger partial charge in [0.1, 0.15) is 5.82 Å². The van der Waals surface area contributed by atoms with E-state index in [1.165, 1.54) is 55.6 Å². The quantitative estimate of drug-likeness (QED) is 0.310. The third kappa shape index (κ3) is 8.35. The lowest BCUT2D eigenvalue weighted by atomic mass is 10.1. The van der Waals surface area contributed by atoms with Crippen LogP contribution in [0.2, 0.25) is 0 Å². The summed E-state index contributed by atoms with van der Waals surface area (Å²) in [4.78, 5) is 39.8. The fourth-order valence-electron chi connectivity index (χ4n) is 3.06. The van der Waals surface area contributed by atoms with Crippen molar-refractivity contribution in [1.82, 2.24) is 20.3 Å². The molecule has 2 aromatic carbocycles. The predicted octanol–water partition coefficient (Wildman–Crippen LogP) is 2.05. The lowest BCUT2D eigenvalue weighted by Crippen LogP contribution is -2.31. The SMILES string of the molecule is COCCNC(=O)Oc1ccc(C(=O)NS(=O)(=O)c2ccc(CCNC(=O)c3ccc(F)cc3)cc2)cn1. The summed E-state index contributed by atoms with van der Waals surface area (Å²) in [5.41, 5.74) is 1.01. The number of hydrogen-bond acceptors (Lipinski definition) is 8. The molecule has 3 amide bonds. The van der Waals surface area contributed by atoms with E-state index in [2.05, 4.69) is 15.6 Å². The van der Waals surface area contributed by atoms with Gasteiger partial charge in [-0.25, -0.2) is 27.3 Å². The molecule has 0 radical (unpaired) electrons. The molecule has 3 aromatic rings. The number of carbonyl (C=O) groups excluding carboxylic acids is 3. The molecule has 0 saturated heterocycles. The van der Waals surface area contributed by atoms with Gasteiger partial charge in [-0.05, 0) is 54.4 Å². The summed E-state index contributed by atoms with van der Waals surface area (Å²) in [5.74, 6) is -1.79. The maximum atomic E-state index is 13.0. The molecule has 3 N–H and O–H groups in total. The van der Waals surface area contributed by atoms with E-state index in [9.17, 15) is 27.2 Å². The molecule has 0 aliphatic carbocycles. The van der Waals surface area contributed by atoms with Crippen LogP contribution in [-0.2, 0) is 21.2 Å².